The van der Waals surface area contributed by atoms with Crippen molar-refractivity contribution in [3.63, 3.8) is 0 Å². The minimum Gasteiger partial charge on any atom is -0.490 e. The highest BCUT2D eigenvalue weighted by molar-refractivity contribution is 14.1. The van der Waals surface area contributed by atoms with E-state index in [0.717, 1.165) is 31.3 Å². The average molecular weight is 461 g/mol. The summed E-state index contributed by atoms with van der Waals surface area (Å²) in [6, 6.07) is 11.5. The second kappa shape index (κ2) is 6.54. The SMILES string of the molecule is OC(c1ccc2c(c1)OCCCO2)c1cc(I)ccc1Br. The fourth-order valence-electron chi connectivity index (χ4n) is 2.25. The number of hydrogen-bond donors (Lipinski definition) is 1. The van der Waals surface area contributed by atoms with Crippen molar-refractivity contribution >= 4 is 38.5 Å². The summed E-state index contributed by atoms with van der Waals surface area (Å²) in [5, 5.41) is 10.6. The van der Waals surface area contributed by atoms with Gasteiger partial charge in [0.15, 0.2) is 11.5 Å². The van der Waals surface area contributed by atoms with Gasteiger partial charge in [0.2, 0.25) is 0 Å². The van der Waals surface area contributed by atoms with Gasteiger partial charge in [0.25, 0.3) is 0 Å². The molecule has 0 aromatic heterocycles. The maximum atomic E-state index is 10.6. The van der Waals surface area contributed by atoms with Gasteiger partial charge in [0, 0.05) is 20.0 Å². The maximum absolute atomic E-state index is 10.6. The van der Waals surface area contributed by atoms with Gasteiger partial charge in [-0.25, -0.2) is 0 Å². The highest BCUT2D eigenvalue weighted by Crippen LogP contribution is 2.36. The fourth-order valence-corrected chi connectivity index (χ4v) is 3.23. The van der Waals surface area contributed by atoms with E-state index in [2.05, 4.69) is 38.5 Å². The second-order valence-corrected chi connectivity index (χ2v) is 6.92. The van der Waals surface area contributed by atoms with Crippen LogP contribution in [0.4, 0.5) is 0 Å². The molecule has 0 bridgehead atoms. The summed E-state index contributed by atoms with van der Waals surface area (Å²) in [4.78, 5) is 0. The van der Waals surface area contributed by atoms with Crippen LogP contribution in [0.1, 0.15) is 23.7 Å². The Hall–Kier alpha value is -0.790. The lowest BCUT2D eigenvalue weighted by molar-refractivity contribution is 0.218. The molecule has 0 radical (unpaired) electrons. The minimum absolute atomic E-state index is 0.638. The Morgan fingerprint density at radius 2 is 1.81 bits per heavy atom. The van der Waals surface area contributed by atoms with Crippen molar-refractivity contribution < 1.29 is 14.6 Å². The number of fused-ring (bicyclic) bond motifs is 1. The monoisotopic (exact) mass is 460 g/mol. The van der Waals surface area contributed by atoms with Gasteiger partial charge in [0.1, 0.15) is 6.10 Å². The van der Waals surface area contributed by atoms with Gasteiger partial charge in [-0.05, 0) is 58.5 Å². The highest BCUT2D eigenvalue weighted by Gasteiger charge is 2.18. The Labute approximate surface area is 145 Å². The first-order chi connectivity index (χ1) is 10.1. The van der Waals surface area contributed by atoms with Crippen molar-refractivity contribution in [2.45, 2.75) is 12.5 Å². The van der Waals surface area contributed by atoms with Crippen LogP contribution in [-0.4, -0.2) is 18.3 Å². The first-order valence-electron chi connectivity index (χ1n) is 6.68. The Morgan fingerprint density at radius 1 is 1.05 bits per heavy atom. The van der Waals surface area contributed by atoms with Gasteiger partial charge in [-0.1, -0.05) is 22.0 Å². The zero-order chi connectivity index (χ0) is 14.8. The summed E-state index contributed by atoms with van der Waals surface area (Å²) in [5.41, 5.74) is 1.64. The predicted octanol–water partition coefficient (Wildman–Crippen LogP) is 4.30. The molecule has 0 amide bonds. The van der Waals surface area contributed by atoms with Crippen molar-refractivity contribution in [3.8, 4) is 11.5 Å². The van der Waals surface area contributed by atoms with Crippen LogP contribution >= 0.6 is 38.5 Å². The number of ether oxygens (including phenoxy) is 2. The van der Waals surface area contributed by atoms with Crippen molar-refractivity contribution in [2.24, 2.45) is 0 Å². The summed E-state index contributed by atoms with van der Waals surface area (Å²) in [7, 11) is 0. The summed E-state index contributed by atoms with van der Waals surface area (Å²) >= 11 is 5.73. The molecular formula is C16H14BrIO3. The standard InChI is InChI=1S/C16H14BrIO3/c17-13-4-3-11(18)9-12(13)16(19)10-2-5-14-15(8-10)21-7-1-6-20-14/h2-5,8-9,16,19H,1,6-7H2. The predicted molar refractivity (Wildman–Crippen MR) is 93.0 cm³/mol. The second-order valence-electron chi connectivity index (χ2n) is 4.83. The van der Waals surface area contributed by atoms with E-state index in [1.807, 2.05) is 36.4 Å². The number of hydrogen-bond acceptors (Lipinski definition) is 3. The summed E-state index contributed by atoms with van der Waals surface area (Å²) in [5.74, 6) is 1.44. The van der Waals surface area contributed by atoms with E-state index in [1.165, 1.54) is 0 Å². The summed E-state index contributed by atoms with van der Waals surface area (Å²) in [6.45, 7) is 1.30. The van der Waals surface area contributed by atoms with Crippen LogP contribution in [0.15, 0.2) is 40.9 Å². The van der Waals surface area contributed by atoms with Gasteiger partial charge < -0.3 is 14.6 Å². The molecule has 1 N–H and O–H groups in total. The molecule has 1 aliphatic rings. The Bertz CT molecular complexity index is 660. The minimum atomic E-state index is -0.703. The molecule has 0 aliphatic carbocycles. The Kier molecular flexibility index (Phi) is 4.71. The van der Waals surface area contributed by atoms with E-state index in [1.54, 1.807) is 0 Å². The van der Waals surface area contributed by atoms with Gasteiger partial charge in [-0.15, -0.1) is 0 Å². The van der Waals surface area contributed by atoms with Crippen molar-refractivity contribution in [2.75, 3.05) is 13.2 Å². The van der Waals surface area contributed by atoms with Crippen LogP contribution in [0.2, 0.25) is 0 Å². The van der Waals surface area contributed by atoms with Crippen LogP contribution < -0.4 is 9.47 Å². The van der Waals surface area contributed by atoms with E-state index >= 15 is 0 Å². The van der Waals surface area contributed by atoms with E-state index in [9.17, 15) is 5.11 Å². The molecule has 0 spiro atoms. The quantitative estimate of drug-likeness (QED) is 0.679. The zero-order valence-corrected chi connectivity index (χ0v) is 14.9. The van der Waals surface area contributed by atoms with E-state index in [-0.39, 0.29) is 0 Å². The third-order valence-corrected chi connectivity index (χ3v) is 4.73. The van der Waals surface area contributed by atoms with Crippen molar-refractivity contribution in [1.29, 1.82) is 0 Å². The molecule has 1 heterocycles. The van der Waals surface area contributed by atoms with E-state index in [0.29, 0.717) is 19.0 Å². The molecule has 1 unspecified atom stereocenters. The van der Waals surface area contributed by atoms with E-state index in [4.69, 9.17) is 9.47 Å². The average Bonchev–Trinajstić information content (AvgIpc) is 2.73. The molecule has 2 aromatic rings. The largest absolute Gasteiger partial charge is 0.490 e. The normalized spacial score (nSPS) is 15.4. The third-order valence-electron chi connectivity index (χ3n) is 3.34. The number of aliphatic hydroxyl groups excluding tert-OH is 1. The molecule has 0 saturated heterocycles. The lowest BCUT2D eigenvalue weighted by Gasteiger charge is -2.16. The lowest BCUT2D eigenvalue weighted by Crippen LogP contribution is -2.02. The van der Waals surface area contributed by atoms with Gasteiger partial charge in [-0.2, -0.15) is 0 Å². The van der Waals surface area contributed by atoms with Gasteiger partial charge in [-0.3, -0.25) is 0 Å². The third kappa shape index (κ3) is 3.35. The molecule has 1 aliphatic heterocycles. The molecule has 3 rings (SSSR count). The fraction of sp³-hybridized carbons (Fsp3) is 0.250. The molecule has 2 aromatic carbocycles. The number of rotatable bonds is 2. The van der Waals surface area contributed by atoms with Crippen LogP contribution in [0.5, 0.6) is 11.5 Å². The van der Waals surface area contributed by atoms with E-state index < -0.39 is 6.10 Å². The number of halogens is 2. The van der Waals surface area contributed by atoms with Crippen LogP contribution in [0.25, 0.3) is 0 Å². The molecule has 0 fully saturated rings. The molecule has 5 heteroatoms. The smallest absolute Gasteiger partial charge is 0.161 e. The Balaban J connectivity index is 1.96. The molecular weight excluding hydrogens is 447 g/mol. The topological polar surface area (TPSA) is 38.7 Å². The van der Waals surface area contributed by atoms with Crippen LogP contribution in [-0.2, 0) is 0 Å². The Morgan fingerprint density at radius 3 is 2.62 bits per heavy atom. The molecule has 1 atom stereocenters. The van der Waals surface area contributed by atoms with Crippen molar-refractivity contribution in [3.05, 3.63) is 55.6 Å². The summed E-state index contributed by atoms with van der Waals surface area (Å²) < 4.78 is 13.3. The molecule has 110 valence electrons. The lowest BCUT2D eigenvalue weighted by atomic mass is 10.0. The van der Waals surface area contributed by atoms with Gasteiger partial charge >= 0.3 is 0 Å². The van der Waals surface area contributed by atoms with Crippen molar-refractivity contribution in [1.82, 2.24) is 0 Å². The number of benzene rings is 2. The highest BCUT2D eigenvalue weighted by atomic mass is 127. The number of aliphatic hydroxyl groups is 1. The maximum Gasteiger partial charge on any atom is 0.161 e. The van der Waals surface area contributed by atoms with Crippen LogP contribution in [0.3, 0.4) is 0 Å². The molecule has 3 nitrogen and oxygen atoms in total. The first kappa shape index (κ1) is 15.1. The zero-order valence-electron chi connectivity index (χ0n) is 11.2. The van der Waals surface area contributed by atoms with Crippen LogP contribution in [0, 0.1) is 3.57 Å². The molecule has 0 saturated carbocycles. The molecule has 21 heavy (non-hydrogen) atoms. The first-order valence-corrected chi connectivity index (χ1v) is 8.55. The van der Waals surface area contributed by atoms with Gasteiger partial charge in [0.05, 0.1) is 13.2 Å². The summed E-state index contributed by atoms with van der Waals surface area (Å²) in [6.07, 6.45) is 0.167.